The summed E-state index contributed by atoms with van der Waals surface area (Å²) in [6.07, 6.45) is 0.627. The maximum atomic E-state index is 12.9. The average molecular weight is 384 g/mol. The molecule has 0 aliphatic carbocycles. The van der Waals surface area contributed by atoms with Gasteiger partial charge in [-0.15, -0.1) is 11.3 Å². The van der Waals surface area contributed by atoms with Crippen molar-refractivity contribution in [3.63, 3.8) is 0 Å². The third kappa shape index (κ3) is 3.55. The van der Waals surface area contributed by atoms with Crippen LogP contribution in [-0.2, 0) is 13.0 Å². The molecule has 0 saturated heterocycles. The molecule has 1 atom stereocenters. The summed E-state index contributed by atoms with van der Waals surface area (Å²) in [4.78, 5) is 19.5. The fourth-order valence-electron chi connectivity index (χ4n) is 2.86. The van der Waals surface area contributed by atoms with Crippen LogP contribution in [0.15, 0.2) is 34.2 Å². The van der Waals surface area contributed by atoms with Crippen LogP contribution in [0.3, 0.4) is 0 Å². The van der Waals surface area contributed by atoms with Crippen LogP contribution in [0.1, 0.15) is 28.5 Å². The molecule has 0 aliphatic rings. The van der Waals surface area contributed by atoms with Crippen LogP contribution in [-0.4, -0.2) is 14.8 Å². The average Bonchev–Trinajstić information content (AvgIpc) is 2.90. The van der Waals surface area contributed by atoms with Crippen LogP contribution in [0.25, 0.3) is 10.2 Å². The molecule has 0 fully saturated rings. The van der Waals surface area contributed by atoms with Gasteiger partial charge in [-0.25, -0.2) is 4.98 Å². The molecule has 6 heteroatoms. The van der Waals surface area contributed by atoms with Crippen LogP contribution in [0.5, 0.6) is 0 Å². The Hall–Kier alpha value is -2.10. The minimum Gasteiger partial charge on any atom is -0.287 e. The van der Waals surface area contributed by atoms with Gasteiger partial charge in [0.1, 0.15) is 10.1 Å². The molecule has 0 bridgehead atoms. The molecular formula is C20H21N3OS2. The summed E-state index contributed by atoms with van der Waals surface area (Å²) in [5.41, 5.74) is 3.32. The molecular weight excluding hydrogens is 362 g/mol. The van der Waals surface area contributed by atoms with Gasteiger partial charge in [-0.3, -0.25) is 9.36 Å². The number of benzene rings is 1. The van der Waals surface area contributed by atoms with Crippen LogP contribution < -0.4 is 5.56 Å². The fourth-order valence-corrected chi connectivity index (χ4v) is 5.00. The second kappa shape index (κ2) is 7.65. The van der Waals surface area contributed by atoms with Gasteiger partial charge in [0.2, 0.25) is 0 Å². The summed E-state index contributed by atoms with van der Waals surface area (Å²) in [6.45, 7) is 8.51. The van der Waals surface area contributed by atoms with Gasteiger partial charge >= 0.3 is 0 Å². The summed E-state index contributed by atoms with van der Waals surface area (Å²) >= 11 is 2.93. The normalized spacial score (nSPS) is 12.3. The molecule has 2 aromatic heterocycles. The van der Waals surface area contributed by atoms with Gasteiger partial charge < -0.3 is 0 Å². The van der Waals surface area contributed by atoms with Gasteiger partial charge in [0.15, 0.2) is 5.16 Å². The van der Waals surface area contributed by atoms with E-state index >= 15 is 0 Å². The number of fused-ring (bicyclic) bond motifs is 1. The van der Waals surface area contributed by atoms with E-state index in [-0.39, 0.29) is 10.8 Å². The molecule has 2 heterocycles. The predicted molar refractivity (Wildman–Crippen MR) is 109 cm³/mol. The van der Waals surface area contributed by atoms with E-state index in [2.05, 4.69) is 30.3 Å². The number of nitriles is 1. The molecule has 0 N–H and O–H groups in total. The van der Waals surface area contributed by atoms with Crippen LogP contribution in [0, 0.1) is 32.1 Å². The minimum absolute atomic E-state index is 0.00567. The van der Waals surface area contributed by atoms with Crippen LogP contribution >= 0.6 is 23.1 Å². The SMILES string of the molecule is CCn1c(S[C@H](C#N)Cc2ccc(C)cc2)nc2sc(C)c(C)c2c1=O. The van der Waals surface area contributed by atoms with Crippen molar-refractivity contribution in [2.75, 3.05) is 0 Å². The highest BCUT2D eigenvalue weighted by Gasteiger charge is 2.19. The quantitative estimate of drug-likeness (QED) is 0.476. The van der Waals surface area contributed by atoms with Gasteiger partial charge in [0.05, 0.1) is 11.5 Å². The zero-order valence-corrected chi connectivity index (χ0v) is 17.0. The number of rotatable bonds is 5. The third-order valence-corrected chi connectivity index (χ3v) is 6.68. The molecule has 1 aromatic carbocycles. The van der Waals surface area contributed by atoms with Crippen molar-refractivity contribution in [2.24, 2.45) is 0 Å². The molecule has 4 nitrogen and oxygen atoms in total. The smallest absolute Gasteiger partial charge is 0.263 e. The molecule has 3 rings (SSSR count). The van der Waals surface area contributed by atoms with Gasteiger partial charge in [-0.2, -0.15) is 5.26 Å². The first-order valence-corrected chi connectivity index (χ1v) is 10.3. The number of thiophene rings is 1. The minimum atomic E-state index is -0.290. The highest BCUT2D eigenvalue weighted by molar-refractivity contribution is 8.00. The van der Waals surface area contributed by atoms with Crippen molar-refractivity contribution in [1.29, 1.82) is 5.26 Å². The molecule has 0 spiro atoms. The number of nitrogens with zero attached hydrogens (tertiary/aromatic N) is 3. The maximum Gasteiger partial charge on any atom is 0.263 e. The van der Waals surface area contributed by atoms with Crippen molar-refractivity contribution in [3.05, 3.63) is 56.2 Å². The first-order valence-electron chi connectivity index (χ1n) is 8.57. The summed E-state index contributed by atoms with van der Waals surface area (Å²) in [6, 6.07) is 10.6. The van der Waals surface area contributed by atoms with Crippen molar-refractivity contribution in [3.8, 4) is 6.07 Å². The van der Waals surface area contributed by atoms with E-state index in [9.17, 15) is 10.1 Å². The Bertz CT molecular complexity index is 1040. The lowest BCUT2D eigenvalue weighted by Crippen LogP contribution is -2.23. The second-order valence-corrected chi connectivity index (χ2v) is 8.71. The number of aromatic nitrogens is 2. The van der Waals surface area contributed by atoms with E-state index in [1.807, 2.05) is 27.7 Å². The Labute approximate surface area is 161 Å². The van der Waals surface area contributed by atoms with Gasteiger partial charge in [0.25, 0.3) is 5.56 Å². The van der Waals surface area contributed by atoms with Crippen molar-refractivity contribution < 1.29 is 0 Å². The molecule has 0 radical (unpaired) electrons. The van der Waals surface area contributed by atoms with E-state index in [4.69, 9.17) is 4.98 Å². The van der Waals surface area contributed by atoms with Gasteiger partial charge in [-0.05, 0) is 45.2 Å². The number of hydrogen-bond donors (Lipinski definition) is 0. The molecule has 0 saturated carbocycles. The predicted octanol–water partition coefficient (Wildman–Crippen LogP) is 4.63. The van der Waals surface area contributed by atoms with Crippen LogP contribution in [0.2, 0.25) is 0 Å². The zero-order valence-electron chi connectivity index (χ0n) is 15.4. The molecule has 0 amide bonds. The number of thioether (sulfide) groups is 1. The van der Waals surface area contributed by atoms with Crippen molar-refractivity contribution in [1.82, 2.24) is 9.55 Å². The largest absolute Gasteiger partial charge is 0.287 e. The van der Waals surface area contributed by atoms with E-state index in [1.165, 1.54) is 17.3 Å². The molecule has 26 heavy (non-hydrogen) atoms. The Morgan fingerprint density at radius 2 is 1.96 bits per heavy atom. The highest BCUT2D eigenvalue weighted by atomic mass is 32.2. The van der Waals surface area contributed by atoms with E-state index in [1.54, 1.807) is 15.9 Å². The van der Waals surface area contributed by atoms with E-state index in [0.717, 1.165) is 20.8 Å². The summed E-state index contributed by atoms with van der Waals surface area (Å²) in [5.74, 6) is 0. The maximum absolute atomic E-state index is 12.9. The molecule has 0 unspecified atom stereocenters. The number of aryl methyl sites for hydroxylation is 3. The molecule has 3 aromatic rings. The Morgan fingerprint density at radius 1 is 1.27 bits per heavy atom. The van der Waals surface area contributed by atoms with Crippen molar-refractivity contribution >= 4 is 33.3 Å². The topological polar surface area (TPSA) is 58.7 Å². The first kappa shape index (κ1) is 18.7. The zero-order chi connectivity index (χ0) is 18.8. The lowest BCUT2D eigenvalue weighted by Gasteiger charge is -2.13. The van der Waals surface area contributed by atoms with E-state index in [0.29, 0.717) is 23.5 Å². The lowest BCUT2D eigenvalue weighted by molar-refractivity contribution is 0.634. The van der Waals surface area contributed by atoms with Gasteiger partial charge in [-0.1, -0.05) is 41.6 Å². The Kier molecular flexibility index (Phi) is 5.49. The third-order valence-electron chi connectivity index (χ3n) is 4.50. The fraction of sp³-hybridized carbons (Fsp3) is 0.350. The molecule has 0 aliphatic heterocycles. The Morgan fingerprint density at radius 3 is 2.58 bits per heavy atom. The molecule has 134 valence electrons. The van der Waals surface area contributed by atoms with Gasteiger partial charge in [0, 0.05) is 11.4 Å². The summed E-state index contributed by atoms with van der Waals surface area (Å²) < 4.78 is 1.69. The summed E-state index contributed by atoms with van der Waals surface area (Å²) in [7, 11) is 0. The highest BCUT2D eigenvalue weighted by Crippen LogP contribution is 2.30. The monoisotopic (exact) mass is 383 g/mol. The van der Waals surface area contributed by atoms with E-state index < -0.39 is 0 Å². The van der Waals surface area contributed by atoms with Crippen LogP contribution in [0.4, 0.5) is 0 Å². The lowest BCUT2D eigenvalue weighted by atomic mass is 10.1. The number of hydrogen-bond acceptors (Lipinski definition) is 5. The second-order valence-electron chi connectivity index (χ2n) is 6.33. The Balaban J connectivity index is 1.97. The standard InChI is InChI=1S/C20H21N3OS2/c1-5-23-19(24)17-13(3)14(4)25-18(17)22-20(23)26-16(11-21)10-15-8-6-12(2)7-9-15/h6-9,16H,5,10H2,1-4H3/t16-/m0/s1. The van der Waals surface area contributed by atoms with Crippen molar-refractivity contribution in [2.45, 2.75) is 51.1 Å². The first-order chi connectivity index (χ1) is 12.4. The summed E-state index contributed by atoms with van der Waals surface area (Å²) in [5, 5.41) is 10.7.